The van der Waals surface area contributed by atoms with Crippen molar-refractivity contribution in [3.63, 3.8) is 0 Å². The van der Waals surface area contributed by atoms with Gasteiger partial charge in [-0.3, -0.25) is 4.79 Å². The SMILES string of the molecule is Cc1cc(C)c(C(=O)N(C)CCOCC2CC2)cc1N. The fraction of sp³-hybridized carbons (Fsp3) is 0.562. The lowest BCUT2D eigenvalue weighted by Crippen LogP contribution is -2.31. The molecular formula is C16H24N2O2. The number of rotatable bonds is 6. The highest BCUT2D eigenvalue weighted by atomic mass is 16.5. The molecule has 0 aromatic heterocycles. The van der Waals surface area contributed by atoms with E-state index < -0.39 is 0 Å². The number of benzene rings is 1. The maximum atomic E-state index is 12.4. The lowest BCUT2D eigenvalue weighted by molar-refractivity contribution is 0.0680. The van der Waals surface area contributed by atoms with Crippen LogP contribution < -0.4 is 5.73 Å². The summed E-state index contributed by atoms with van der Waals surface area (Å²) in [4.78, 5) is 14.1. The molecule has 2 rings (SSSR count). The molecule has 1 aromatic carbocycles. The van der Waals surface area contributed by atoms with Crippen LogP contribution in [0.4, 0.5) is 5.69 Å². The van der Waals surface area contributed by atoms with Crippen LogP contribution in [-0.2, 0) is 4.74 Å². The first-order valence-electron chi connectivity index (χ1n) is 7.19. The molecule has 2 N–H and O–H groups in total. The van der Waals surface area contributed by atoms with E-state index in [2.05, 4.69) is 0 Å². The molecule has 1 aliphatic rings. The zero-order valence-electron chi connectivity index (χ0n) is 12.6. The van der Waals surface area contributed by atoms with E-state index >= 15 is 0 Å². The van der Waals surface area contributed by atoms with E-state index in [0.29, 0.717) is 24.4 Å². The Kier molecular flexibility index (Phi) is 4.65. The molecule has 0 heterocycles. The van der Waals surface area contributed by atoms with Gasteiger partial charge in [-0.1, -0.05) is 6.07 Å². The molecule has 0 saturated heterocycles. The maximum Gasteiger partial charge on any atom is 0.254 e. The van der Waals surface area contributed by atoms with Gasteiger partial charge < -0.3 is 15.4 Å². The van der Waals surface area contributed by atoms with Crippen LogP contribution in [-0.4, -0.2) is 37.6 Å². The minimum atomic E-state index is 0.00391. The molecule has 0 spiro atoms. The summed E-state index contributed by atoms with van der Waals surface area (Å²) in [5, 5.41) is 0. The van der Waals surface area contributed by atoms with Gasteiger partial charge in [0.1, 0.15) is 0 Å². The smallest absolute Gasteiger partial charge is 0.254 e. The predicted molar refractivity (Wildman–Crippen MR) is 80.8 cm³/mol. The molecule has 0 atom stereocenters. The Labute approximate surface area is 120 Å². The Hall–Kier alpha value is -1.55. The first-order valence-corrected chi connectivity index (χ1v) is 7.19. The van der Waals surface area contributed by atoms with E-state index in [1.807, 2.05) is 19.9 Å². The van der Waals surface area contributed by atoms with Crippen molar-refractivity contribution in [1.29, 1.82) is 0 Å². The number of hydrogen-bond donors (Lipinski definition) is 1. The highest BCUT2D eigenvalue weighted by Crippen LogP contribution is 2.28. The number of carbonyl (C=O) groups is 1. The number of anilines is 1. The monoisotopic (exact) mass is 276 g/mol. The molecule has 1 amide bonds. The molecule has 0 bridgehead atoms. The second-order valence-electron chi connectivity index (χ2n) is 5.77. The van der Waals surface area contributed by atoms with E-state index in [4.69, 9.17) is 10.5 Å². The highest BCUT2D eigenvalue weighted by molar-refractivity contribution is 5.96. The fourth-order valence-corrected chi connectivity index (χ4v) is 2.14. The van der Waals surface area contributed by atoms with Crippen LogP contribution in [0.5, 0.6) is 0 Å². The lowest BCUT2D eigenvalue weighted by Gasteiger charge is -2.19. The van der Waals surface area contributed by atoms with Gasteiger partial charge in [-0.05, 0) is 49.8 Å². The Morgan fingerprint density at radius 2 is 2.05 bits per heavy atom. The quantitative estimate of drug-likeness (QED) is 0.641. The van der Waals surface area contributed by atoms with Gasteiger partial charge in [-0.15, -0.1) is 0 Å². The molecule has 110 valence electrons. The van der Waals surface area contributed by atoms with Gasteiger partial charge in [0.05, 0.1) is 6.61 Å². The Morgan fingerprint density at radius 3 is 2.70 bits per heavy atom. The standard InChI is InChI=1S/C16H24N2O2/c1-11-8-12(2)15(17)9-14(11)16(19)18(3)6-7-20-10-13-4-5-13/h8-9,13H,4-7,10,17H2,1-3H3. The number of aryl methyl sites for hydroxylation is 2. The zero-order chi connectivity index (χ0) is 14.7. The molecule has 0 unspecified atom stereocenters. The van der Waals surface area contributed by atoms with Crippen molar-refractivity contribution >= 4 is 11.6 Å². The molecular weight excluding hydrogens is 252 g/mol. The van der Waals surface area contributed by atoms with E-state index in [9.17, 15) is 4.79 Å². The van der Waals surface area contributed by atoms with Gasteiger partial charge in [0.25, 0.3) is 5.91 Å². The first-order chi connectivity index (χ1) is 9.49. The third-order valence-electron chi connectivity index (χ3n) is 3.81. The van der Waals surface area contributed by atoms with Crippen LogP contribution in [0.1, 0.15) is 34.3 Å². The average molecular weight is 276 g/mol. The van der Waals surface area contributed by atoms with Gasteiger partial charge in [0, 0.05) is 31.5 Å². The molecule has 1 saturated carbocycles. The van der Waals surface area contributed by atoms with Crippen molar-refractivity contribution in [2.75, 3.05) is 32.5 Å². The number of hydrogen-bond acceptors (Lipinski definition) is 3. The number of ether oxygens (including phenoxy) is 1. The van der Waals surface area contributed by atoms with E-state index in [1.165, 1.54) is 12.8 Å². The molecule has 4 nitrogen and oxygen atoms in total. The van der Waals surface area contributed by atoms with Crippen molar-refractivity contribution in [2.24, 2.45) is 5.92 Å². The van der Waals surface area contributed by atoms with E-state index in [1.54, 1.807) is 18.0 Å². The number of nitrogen functional groups attached to an aromatic ring is 1. The highest BCUT2D eigenvalue weighted by Gasteiger charge is 2.21. The molecule has 1 aromatic rings. The number of likely N-dealkylation sites (N-methyl/N-ethyl adjacent to an activating group) is 1. The van der Waals surface area contributed by atoms with Crippen molar-refractivity contribution < 1.29 is 9.53 Å². The van der Waals surface area contributed by atoms with Gasteiger partial charge in [-0.25, -0.2) is 0 Å². The number of nitrogens with two attached hydrogens (primary N) is 1. The summed E-state index contributed by atoms with van der Waals surface area (Å²) in [7, 11) is 1.80. The van der Waals surface area contributed by atoms with Crippen LogP contribution in [0.3, 0.4) is 0 Å². The maximum absolute atomic E-state index is 12.4. The largest absolute Gasteiger partial charge is 0.398 e. The molecule has 4 heteroatoms. The molecule has 0 aliphatic heterocycles. The van der Waals surface area contributed by atoms with Crippen LogP contribution in [0.2, 0.25) is 0 Å². The van der Waals surface area contributed by atoms with E-state index in [-0.39, 0.29) is 5.91 Å². The second kappa shape index (κ2) is 6.27. The zero-order valence-corrected chi connectivity index (χ0v) is 12.6. The molecule has 0 radical (unpaired) electrons. The van der Waals surface area contributed by atoms with Gasteiger partial charge in [-0.2, -0.15) is 0 Å². The van der Waals surface area contributed by atoms with Crippen LogP contribution in [0.15, 0.2) is 12.1 Å². The van der Waals surface area contributed by atoms with Gasteiger partial charge in [0.2, 0.25) is 0 Å². The van der Waals surface area contributed by atoms with Crippen molar-refractivity contribution in [3.8, 4) is 0 Å². The van der Waals surface area contributed by atoms with Crippen LogP contribution in [0, 0.1) is 19.8 Å². The Morgan fingerprint density at radius 1 is 1.35 bits per heavy atom. The number of amides is 1. The normalized spacial score (nSPS) is 14.3. The van der Waals surface area contributed by atoms with Crippen molar-refractivity contribution in [1.82, 2.24) is 4.90 Å². The lowest BCUT2D eigenvalue weighted by atomic mass is 10.0. The summed E-state index contributed by atoms with van der Waals surface area (Å²) in [6, 6.07) is 3.73. The minimum Gasteiger partial charge on any atom is -0.398 e. The van der Waals surface area contributed by atoms with Crippen LogP contribution >= 0.6 is 0 Å². The topological polar surface area (TPSA) is 55.6 Å². The summed E-state index contributed by atoms with van der Waals surface area (Å²) in [6.07, 6.45) is 2.58. The summed E-state index contributed by atoms with van der Waals surface area (Å²) < 4.78 is 5.57. The Balaban J connectivity index is 1.89. The van der Waals surface area contributed by atoms with E-state index in [0.717, 1.165) is 23.7 Å². The third kappa shape index (κ3) is 3.73. The minimum absolute atomic E-state index is 0.00391. The second-order valence-corrected chi connectivity index (χ2v) is 5.77. The summed E-state index contributed by atoms with van der Waals surface area (Å²) in [5.74, 6) is 0.763. The summed E-state index contributed by atoms with van der Waals surface area (Å²) in [5.41, 5.74) is 9.21. The fourth-order valence-electron chi connectivity index (χ4n) is 2.14. The van der Waals surface area contributed by atoms with Gasteiger partial charge in [0.15, 0.2) is 0 Å². The first kappa shape index (κ1) is 14.9. The molecule has 1 fully saturated rings. The van der Waals surface area contributed by atoms with Crippen LogP contribution in [0.25, 0.3) is 0 Å². The van der Waals surface area contributed by atoms with Gasteiger partial charge >= 0.3 is 0 Å². The average Bonchev–Trinajstić information content (AvgIpc) is 3.22. The number of nitrogens with zero attached hydrogens (tertiary/aromatic N) is 1. The number of carbonyl (C=O) groups excluding carboxylic acids is 1. The summed E-state index contributed by atoms with van der Waals surface area (Å²) in [6.45, 7) is 5.93. The Bertz CT molecular complexity index is 495. The summed E-state index contributed by atoms with van der Waals surface area (Å²) >= 11 is 0. The third-order valence-corrected chi connectivity index (χ3v) is 3.81. The molecule has 20 heavy (non-hydrogen) atoms. The van der Waals surface area contributed by atoms with Crippen molar-refractivity contribution in [3.05, 3.63) is 28.8 Å². The predicted octanol–water partition coefficient (Wildman–Crippen LogP) is 2.38. The van der Waals surface area contributed by atoms with Crippen molar-refractivity contribution in [2.45, 2.75) is 26.7 Å². The molecule has 1 aliphatic carbocycles.